The molecule has 0 aromatic heterocycles. The van der Waals surface area contributed by atoms with Crippen LogP contribution in [0.15, 0.2) is 0 Å². The van der Waals surface area contributed by atoms with Crippen molar-refractivity contribution in [2.45, 2.75) is 38.6 Å². The topological polar surface area (TPSA) is 84.2 Å². The largest absolute Gasteiger partial charge is 0.354 e. The van der Waals surface area contributed by atoms with E-state index in [1.54, 1.807) is 0 Å². The molecule has 0 bridgehead atoms. The Morgan fingerprint density at radius 1 is 1.31 bits per heavy atom. The molecule has 1 fully saturated rings. The average molecular weight is 227 g/mol. The number of hydrogen-bond donors (Lipinski definition) is 3. The number of amides is 2. The van der Waals surface area contributed by atoms with Gasteiger partial charge in [0.2, 0.25) is 11.8 Å². The third-order valence-electron chi connectivity index (χ3n) is 2.61. The minimum Gasteiger partial charge on any atom is -0.354 e. The van der Waals surface area contributed by atoms with Crippen molar-refractivity contribution in [1.29, 1.82) is 0 Å². The molecule has 0 aromatic carbocycles. The van der Waals surface area contributed by atoms with Crippen molar-refractivity contribution in [2.75, 3.05) is 13.1 Å². The lowest BCUT2D eigenvalue weighted by Crippen LogP contribution is -2.43. The molecule has 5 heteroatoms. The van der Waals surface area contributed by atoms with Gasteiger partial charge in [-0.1, -0.05) is 13.3 Å². The second-order valence-electron chi connectivity index (χ2n) is 4.25. The smallest absolute Gasteiger partial charge is 0.236 e. The van der Waals surface area contributed by atoms with Crippen LogP contribution in [0.4, 0.5) is 0 Å². The number of rotatable bonds is 7. The van der Waals surface area contributed by atoms with Gasteiger partial charge in [-0.3, -0.25) is 9.59 Å². The minimum atomic E-state index is -0.427. The second kappa shape index (κ2) is 6.48. The Balaban J connectivity index is 2.01. The first kappa shape index (κ1) is 13.0. The van der Waals surface area contributed by atoms with Gasteiger partial charge in [-0.05, 0) is 19.3 Å². The molecule has 1 saturated carbocycles. The van der Waals surface area contributed by atoms with Crippen LogP contribution in [0.1, 0.15) is 32.6 Å². The van der Waals surface area contributed by atoms with E-state index >= 15 is 0 Å². The van der Waals surface area contributed by atoms with Crippen LogP contribution in [0.5, 0.6) is 0 Å². The number of carbonyl (C=O) groups excluding carboxylic acids is 2. The summed E-state index contributed by atoms with van der Waals surface area (Å²) in [6, 6.07) is -0.427. The van der Waals surface area contributed by atoms with E-state index in [4.69, 9.17) is 5.73 Å². The average Bonchev–Trinajstić information content (AvgIpc) is 3.07. The zero-order valence-corrected chi connectivity index (χ0v) is 9.79. The van der Waals surface area contributed by atoms with Gasteiger partial charge in [-0.15, -0.1) is 0 Å². The number of carbonyl (C=O) groups is 2. The van der Waals surface area contributed by atoms with Gasteiger partial charge in [-0.25, -0.2) is 0 Å². The maximum absolute atomic E-state index is 11.4. The van der Waals surface area contributed by atoms with Gasteiger partial charge in [0.25, 0.3) is 0 Å². The molecular formula is C11H21N3O2. The molecule has 0 spiro atoms. The number of hydrogen-bond acceptors (Lipinski definition) is 3. The number of nitrogens with one attached hydrogen (secondary N) is 2. The van der Waals surface area contributed by atoms with Crippen LogP contribution >= 0.6 is 0 Å². The molecular weight excluding hydrogens is 206 g/mol. The zero-order valence-electron chi connectivity index (χ0n) is 9.79. The quantitative estimate of drug-likeness (QED) is 0.525. The van der Waals surface area contributed by atoms with E-state index in [1.807, 2.05) is 6.92 Å². The summed E-state index contributed by atoms with van der Waals surface area (Å²) in [5.41, 5.74) is 5.63. The highest BCUT2D eigenvalue weighted by atomic mass is 16.2. The fourth-order valence-electron chi connectivity index (χ4n) is 1.43. The Morgan fingerprint density at radius 3 is 2.50 bits per heavy atom. The molecule has 0 aliphatic heterocycles. The monoisotopic (exact) mass is 227 g/mol. The van der Waals surface area contributed by atoms with Gasteiger partial charge in [-0.2, -0.15) is 0 Å². The molecule has 5 nitrogen and oxygen atoms in total. The van der Waals surface area contributed by atoms with E-state index < -0.39 is 6.04 Å². The summed E-state index contributed by atoms with van der Waals surface area (Å²) in [5.74, 6) is 0.188. The lowest BCUT2D eigenvalue weighted by atomic mass is 10.2. The first-order valence-corrected chi connectivity index (χ1v) is 5.96. The lowest BCUT2D eigenvalue weighted by Gasteiger charge is -2.11. The van der Waals surface area contributed by atoms with E-state index in [1.165, 1.54) is 0 Å². The highest BCUT2D eigenvalue weighted by Gasteiger charge is 2.28. The highest BCUT2D eigenvalue weighted by molar-refractivity contribution is 5.82. The normalized spacial score (nSPS) is 16.6. The maximum Gasteiger partial charge on any atom is 0.236 e. The molecule has 92 valence electrons. The molecule has 0 radical (unpaired) electrons. The summed E-state index contributed by atoms with van der Waals surface area (Å²) >= 11 is 0. The molecule has 0 aromatic rings. The summed E-state index contributed by atoms with van der Waals surface area (Å²) < 4.78 is 0. The van der Waals surface area contributed by atoms with Gasteiger partial charge in [0.1, 0.15) is 0 Å². The molecule has 0 heterocycles. The van der Waals surface area contributed by atoms with Crippen LogP contribution in [-0.2, 0) is 9.59 Å². The molecule has 0 saturated heterocycles. The van der Waals surface area contributed by atoms with Gasteiger partial charge in [0.15, 0.2) is 0 Å². The second-order valence-corrected chi connectivity index (χ2v) is 4.25. The molecule has 1 aliphatic carbocycles. The van der Waals surface area contributed by atoms with Crippen molar-refractivity contribution in [3.05, 3.63) is 0 Å². The summed E-state index contributed by atoms with van der Waals surface area (Å²) in [7, 11) is 0. The SMILES string of the molecule is CCC[C@@H](N)C(=O)NCCNC(=O)C1CC1. The Bertz CT molecular complexity index is 252. The fraction of sp³-hybridized carbons (Fsp3) is 0.818. The van der Waals surface area contributed by atoms with Crippen LogP contribution in [-0.4, -0.2) is 30.9 Å². The predicted octanol–water partition coefficient (Wildman–Crippen LogP) is -0.244. The van der Waals surface area contributed by atoms with Crippen LogP contribution in [0.2, 0.25) is 0 Å². The van der Waals surface area contributed by atoms with Gasteiger partial charge < -0.3 is 16.4 Å². The van der Waals surface area contributed by atoms with Crippen molar-refractivity contribution in [1.82, 2.24) is 10.6 Å². The summed E-state index contributed by atoms with van der Waals surface area (Å²) in [5, 5.41) is 5.48. The highest BCUT2D eigenvalue weighted by Crippen LogP contribution is 2.28. The molecule has 16 heavy (non-hydrogen) atoms. The van der Waals surface area contributed by atoms with E-state index in [2.05, 4.69) is 10.6 Å². The predicted molar refractivity (Wildman–Crippen MR) is 61.6 cm³/mol. The third-order valence-corrected chi connectivity index (χ3v) is 2.61. The van der Waals surface area contributed by atoms with Crippen molar-refractivity contribution < 1.29 is 9.59 Å². The van der Waals surface area contributed by atoms with E-state index in [0.717, 1.165) is 19.3 Å². The molecule has 1 atom stereocenters. The van der Waals surface area contributed by atoms with Crippen LogP contribution in [0, 0.1) is 5.92 Å². The summed E-state index contributed by atoms with van der Waals surface area (Å²) in [6.45, 7) is 2.93. The molecule has 0 unspecified atom stereocenters. The van der Waals surface area contributed by atoms with Crippen molar-refractivity contribution in [2.24, 2.45) is 11.7 Å². The molecule has 4 N–H and O–H groups in total. The molecule has 1 rings (SSSR count). The van der Waals surface area contributed by atoms with E-state index in [-0.39, 0.29) is 17.7 Å². The van der Waals surface area contributed by atoms with Crippen molar-refractivity contribution in [3.8, 4) is 0 Å². The Morgan fingerprint density at radius 2 is 1.94 bits per heavy atom. The first-order valence-electron chi connectivity index (χ1n) is 5.96. The Kier molecular flexibility index (Phi) is 5.25. The van der Waals surface area contributed by atoms with Crippen LogP contribution in [0.25, 0.3) is 0 Å². The van der Waals surface area contributed by atoms with Gasteiger partial charge in [0, 0.05) is 19.0 Å². The van der Waals surface area contributed by atoms with Gasteiger partial charge >= 0.3 is 0 Å². The van der Waals surface area contributed by atoms with Crippen molar-refractivity contribution >= 4 is 11.8 Å². The van der Waals surface area contributed by atoms with Crippen molar-refractivity contribution in [3.63, 3.8) is 0 Å². The number of nitrogens with two attached hydrogens (primary N) is 1. The fourth-order valence-corrected chi connectivity index (χ4v) is 1.43. The first-order chi connectivity index (χ1) is 7.65. The zero-order chi connectivity index (χ0) is 12.0. The van der Waals surface area contributed by atoms with E-state index in [9.17, 15) is 9.59 Å². The van der Waals surface area contributed by atoms with E-state index in [0.29, 0.717) is 19.5 Å². The minimum absolute atomic E-state index is 0.104. The standard InChI is InChI=1S/C11H21N3O2/c1-2-3-9(12)11(16)14-7-6-13-10(15)8-4-5-8/h8-9H,2-7,12H2,1H3,(H,13,15)(H,14,16)/t9-/m1/s1. The van der Waals surface area contributed by atoms with Crippen LogP contribution in [0.3, 0.4) is 0 Å². The lowest BCUT2D eigenvalue weighted by molar-refractivity contribution is -0.124. The Hall–Kier alpha value is -1.10. The Labute approximate surface area is 96.1 Å². The maximum atomic E-state index is 11.4. The molecule has 1 aliphatic rings. The summed E-state index contributed by atoms with van der Waals surface area (Å²) in [4.78, 5) is 22.6. The third kappa shape index (κ3) is 4.61. The summed E-state index contributed by atoms with van der Waals surface area (Å²) in [6.07, 6.45) is 3.59. The molecule has 2 amide bonds. The van der Waals surface area contributed by atoms with Crippen LogP contribution < -0.4 is 16.4 Å². The van der Waals surface area contributed by atoms with Gasteiger partial charge in [0.05, 0.1) is 6.04 Å².